The maximum Gasteiger partial charge on any atom is 0.313 e. The highest BCUT2D eigenvalue weighted by Gasteiger charge is 2.19. The summed E-state index contributed by atoms with van der Waals surface area (Å²) in [6.07, 6.45) is 8.77. The molecule has 3 nitrogen and oxygen atoms in total. The second-order valence-electron chi connectivity index (χ2n) is 6.45. The molecule has 19 heavy (non-hydrogen) atoms. The van der Waals surface area contributed by atoms with Crippen molar-refractivity contribution < 1.29 is 14.3 Å². The number of unbranched alkanes of at least 4 members (excludes halogenated alkanes) is 6. The third-order valence-electron chi connectivity index (χ3n) is 2.89. The van der Waals surface area contributed by atoms with Crippen molar-refractivity contribution in [2.45, 2.75) is 85.5 Å². The lowest BCUT2D eigenvalue weighted by molar-refractivity contribution is -0.160. The lowest BCUT2D eigenvalue weighted by atomic mass is 9.92. The van der Waals surface area contributed by atoms with Gasteiger partial charge >= 0.3 is 11.9 Å². The summed E-state index contributed by atoms with van der Waals surface area (Å²) in [6, 6.07) is 0. The molecule has 0 radical (unpaired) electrons. The van der Waals surface area contributed by atoms with Crippen molar-refractivity contribution in [3.63, 3.8) is 0 Å². The summed E-state index contributed by atoms with van der Waals surface area (Å²) in [7, 11) is 0. The van der Waals surface area contributed by atoms with E-state index >= 15 is 0 Å². The zero-order valence-electron chi connectivity index (χ0n) is 13.1. The van der Waals surface area contributed by atoms with Gasteiger partial charge in [-0.1, -0.05) is 66.2 Å². The van der Waals surface area contributed by atoms with Gasteiger partial charge in [0.05, 0.1) is 6.42 Å². The van der Waals surface area contributed by atoms with E-state index in [1.165, 1.54) is 32.1 Å². The van der Waals surface area contributed by atoms with Gasteiger partial charge in [0.25, 0.3) is 0 Å². The Labute approximate surface area is 118 Å². The van der Waals surface area contributed by atoms with Crippen LogP contribution < -0.4 is 0 Å². The van der Waals surface area contributed by atoms with Crippen molar-refractivity contribution in [1.29, 1.82) is 0 Å². The second-order valence-corrected chi connectivity index (χ2v) is 6.45. The van der Waals surface area contributed by atoms with Gasteiger partial charge in [0.2, 0.25) is 0 Å². The standard InChI is InChI=1S/C16H30O3/c1-5-6-7-8-9-10-11-12-14(17)19-15(18)13-16(2,3)4/h5-13H2,1-4H3. The molecule has 0 N–H and O–H groups in total. The molecule has 0 unspecified atom stereocenters. The SMILES string of the molecule is CCCCCCCCCC(=O)OC(=O)CC(C)(C)C. The van der Waals surface area contributed by atoms with Crippen LogP contribution >= 0.6 is 0 Å². The molecule has 0 aliphatic heterocycles. The quantitative estimate of drug-likeness (QED) is 0.348. The summed E-state index contributed by atoms with van der Waals surface area (Å²) in [5.74, 6) is -0.775. The molecule has 112 valence electrons. The molecule has 0 aromatic rings. The van der Waals surface area contributed by atoms with Gasteiger partial charge in [-0.05, 0) is 11.8 Å². The third kappa shape index (κ3) is 13.4. The molecule has 0 bridgehead atoms. The number of carbonyl (C=O) groups excluding carboxylic acids is 2. The fourth-order valence-corrected chi connectivity index (χ4v) is 1.87. The zero-order chi connectivity index (χ0) is 14.7. The lowest BCUT2D eigenvalue weighted by Gasteiger charge is -2.15. The first-order valence-electron chi connectivity index (χ1n) is 7.58. The molecule has 0 aliphatic rings. The molecule has 0 atom stereocenters. The molecule has 0 rings (SSSR count). The van der Waals surface area contributed by atoms with Crippen LogP contribution in [-0.2, 0) is 14.3 Å². The van der Waals surface area contributed by atoms with Crippen LogP contribution in [0.3, 0.4) is 0 Å². The van der Waals surface area contributed by atoms with Crippen LogP contribution in [0.4, 0.5) is 0 Å². The minimum atomic E-state index is -0.402. The smallest absolute Gasteiger partial charge is 0.313 e. The Hall–Kier alpha value is -0.860. The lowest BCUT2D eigenvalue weighted by Crippen LogP contribution is -2.18. The molecule has 0 saturated heterocycles. The summed E-state index contributed by atoms with van der Waals surface area (Å²) in [4.78, 5) is 22.9. The van der Waals surface area contributed by atoms with Crippen molar-refractivity contribution in [2.24, 2.45) is 5.41 Å². The topological polar surface area (TPSA) is 43.4 Å². The van der Waals surface area contributed by atoms with Crippen LogP contribution in [0.2, 0.25) is 0 Å². The largest absolute Gasteiger partial charge is 0.393 e. The highest BCUT2D eigenvalue weighted by atomic mass is 16.6. The molecular weight excluding hydrogens is 240 g/mol. The second kappa shape index (κ2) is 9.99. The third-order valence-corrected chi connectivity index (χ3v) is 2.89. The van der Waals surface area contributed by atoms with Gasteiger partial charge in [-0.3, -0.25) is 9.59 Å². The van der Waals surface area contributed by atoms with Crippen molar-refractivity contribution in [3.8, 4) is 0 Å². The van der Waals surface area contributed by atoms with Gasteiger partial charge < -0.3 is 4.74 Å². The van der Waals surface area contributed by atoms with Gasteiger partial charge in [0, 0.05) is 6.42 Å². The summed E-state index contributed by atoms with van der Waals surface area (Å²) in [5, 5.41) is 0. The van der Waals surface area contributed by atoms with Crippen LogP contribution in [0, 0.1) is 5.41 Å². The fraction of sp³-hybridized carbons (Fsp3) is 0.875. The Morgan fingerprint density at radius 1 is 0.842 bits per heavy atom. The fourth-order valence-electron chi connectivity index (χ4n) is 1.87. The predicted molar refractivity (Wildman–Crippen MR) is 77.8 cm³/mol. The zero-order valence-corrected chi connectivity index (χ0v) is 13.1. The Morgan fingerprint density at radius 3 is 1.89 bits per heavy atom. The van der Waals surface area contributed by atoms with Crippen molar-refractivity contribution in [2.75, 3.05) is 0 Å². The molecule has 0 fully saturated rings. The van der Waals surface area contributed by atoms with Crippen LogP contribution in [0.25, 0.3) is 0 Å². The van der Waals surface area contributed by atoms with E-state index in [1.54, 1.807) is 0 Å². The van der Waals surface area contributed by atoms with Gasteiger partial charge in [-0.2, -0.15) is 0 Å². The first kappa shape index (κ1) is 18.1. The normalized spacial score (nSPS) is 11.4. The van der Waals surface area contributed by atoms with Crippen LogP contribution in [0.1, 0.15) is 85.5 Å². The first-order valence-corrected chi connectivity index (χ1v) is 7.58. The minimum Gasteiger partial charge on any atom is -0.393 e. The van der Waals surface area contributed by atoms with Crippen LogP contribution in [-0.4, -0.2) is 11.9 Å². The van der Waals surface area contributed by atoms with Gasteiger partial charge in [-0.15, -0.1) is 0 Å². The number of hydrogen-bond donors (Lipinski definition) is 0. The maximum absolute atomic E-state index is 11.4. The van der Waals surface area contributed by atoms with Gasteiger partial charge in [-0.25, -0.2) is 0 Å². The van der Waals surface area contributed by atoms with E-state index in [0.717, 1.165) is 12.8 Å². The summed E-state index contributed by atoms with van der Waals surface area (Å²) in [5.41, 5.74) is -0.128. The monoisotopic (exact) mass is 270 g/mol. The number of esters is 2. The number of carbonyl (C=O) groups is 2. The van der Waals surface area contributed by atoms with Crippen molar-refractivity contribution in [1.82, 2.24) is 0 Å². The molecule has 0 aliphatic carbocycles. The Balaban J connectivity index is 3.52. The summed E-state index contributed by atoms with van der Waals surface area (Å²) >= 11 is 0. The highest BCUT2D eigenvalue weighted by molar-refractivity contribution is 5.85. The first-order chi connectivity index (χ1) is 8.85. The summed E-state index contributed by atoms with van der Waals surface area (Å²) < 4.78 is 4.79. The van der Waals surface area contributed by atoms with Crippen LogP contribution in [0.5, 0.6) is 0 Å². The average Bonchev–Trinajstić information content (AvgIpc) is 2.25. The average molecular weight is 270 g/mol. The molecule has 3 heteroatoms. The van der Waals surface area contributed by atoms with E-state index in [9.17, 15) is 9.59 Å². The maximum atomic E-state index is 11.4. The molecule has 0 aromatic carbocycles. The summed E-state index contributed by atoms with van der Waals surface area (Å²) in [6.45, 7) is 8.06. The van der Waals surface area contributed by atoms with Crippen LogP contribution in [0.15, 0.2) is 0 Å². The molecule has 0 saturated carbocycles. The van der Waals surface area contributed by atoms with Crippen molar-refractivity contribution >= 4 is 11.9 Å². The minimum absolute atomic E-state index is 0.128. The van der Waals surface area contributed by atoms with Gasteiger partial charge in [0.15, 0.2) is 0 Å². The molecule has 0 aromatic heterocycles. The Bertz CT molecular complexity index is 264. The number of ether oxygens (including phenoxy) is 1. The Morgan fingerprint density at radius 2 is 1.37 bits per heavy atom. The Kier molecular flexibility index (Phi) is 9.54. The van der Waals surface area contributed by atoms with Gasteiger partial charge in [0.1, 0.15) is 0 Å². The highest BCUT2D eigenvalue weighted by Crippen LogP contribution is 2.19. The van der Waals surface area contributed by atoms with E-state index in [-0.39, 0.29) is 17.8 Å². The van der Waals surface area contributed by atoms with Crippen molar-refractivity contribution in [3.05, 3.63) is 0 Å². The van der Waals surface area contributed by atoms with E-state index < -0.39 is 5.97 Å². The molecule has 0 heterocycles. The number of hydrogen-bond acceptors (Lipinski definition) is 3. The number of rotatable bonds is 9. The van der Waals surface area contributed by atoms with E-state index in [2.05, 4.69) is 6.92 Å². The van der Waals surface area contributed by atoms with E-state index in [0.29, 0.717) is 6.42 Å². The van der Waals surface area contributed by atoms with E-state index in [1.807, 2.05) is 20.8 Å². The molecular formula is C16H30O3. The predicted octanol–water partition coefficient (Wildman–Crippen LogP) is 4.63. The molecule has 0 spiro atoms. The molecule has 0 amide bonds. The van der Waals surface area contributed by atoms with E-state index in [4.69, 9.17) is 4.74 Å².